The lowest BCUT2D eigenvalue weighted by Crippen LogP contribution is -2.29. The normalized spacial score (nSPS) is 20.4. The van der Waals surface area contributed by atoms with Crippen LogP contribution in [0, 0.1) is 0 Å². The Bertz CT molecular complexity index is 476. The van der Waals surface area contributed by atoms with Crippen molar-refractivity contribution in [3.05, 3.63) is 18.7 Å². The van der Waals surface area contributed by atoms with Gasteiger partial charge in [-0.15, -0.1) is 0 Å². The summed E-state index contributed by atoms with van der Waals surface area (Å²) in [7, 11) is 0. The van der Waals surface area contributed by atoms with Crippen molar-refractivity contribution < 1.29 is 4.42 Å². The van der Waals surface area contributed by atoms with E-state index in [9.17, 15) is 0 Å². The van der Waals surface area contributed by atoms with Crippen molar-refractivity contribution in [2.45, 2.75) is 18.9 Å². The minimum absolute atomic E-state index is 0.565. The van der Waals surface area contributed by atoms with Crippen LogP contribution in [0.4, 0.5) is 5.69 Å². The molecular formula is C11H14N4O. The molecule has 2 aromatic rings. The molecule has 84 valence electrons. The van der Waals surface area contributed by atoms with E-state index in [1.54, 1.807) is 6.20 Å². The Balaban J connectivity index is 1.75. The van der Waals surface area contributed by atoms with E-state index in [1.807, 2.05) is 6.07 Å². The van der Waals surface area contributed by atoms with Gasteiger partial charge in [0.2, 0.25) is 5.71 Å². The molecule has 0 spiro atoms. The minimum Gasteiger partial charge on any atom is -0.425 e. The molecule has 1 aliphatic rings. The van der Waals surface area contributed by atoms with Crippen LogP contribution in [0.2, 0.25) is 0 Å². The zero-order valence-electron chi connectivity index (χ0n) is 8.94. The minimum atomic E-state index is 0.565. The molecule has 5 nitrogen and oxygen atoms in total. The lowest BCUT2D eigenvalue weighted by molar-refractivity contribution is 0.590. The molecule has 1 saturated heterocycles. The Kier molecular flexibility index (Phi) is 2.46. The Morgan fingerprint density at radius 2 is 2.50 bits per heavy atom. The van der Waals surface area contributed by atoms with E-state index in [2.05, 4.69) is 20.6 Å². The van der Waals surface area contributed by atoms with Crippen molar-refractivity contribution >= 4 is 16.9 Å². The smallest absolute Gasteiger partial charge is 0.248 e. The molecule has 0 aromatic carbocycles. The molecule has 16 heavy (non-hydrogen) atoms. The van der Waals surface area contributed by atoms with E-state index < -0.39 is 0 Å². The van der Waals surface area contributed by atoms with Gasteiger partial charge in [-0.1, -0.05) is 0 Å². The number of nitrogens with zero attached hydrogens (tertiary/aromatic N) is 2. The predicted molar refractivity (Wildman–Crippen MR) is 61.3 cm³/mol. The van der Waals surface area contributed by atoms with Crippen molar-refractivity contribution in [1.82, 2.24) is 15.3 Å². The molecule has 3 rings (SSSR count). The zero-order valence-corrected chi connectivity index (χ0v) is 8.94. The van der Waals surface area contributed by atoms with Gasteiger partial charge in [0.05, 0.1) is 5.69 Å². The SMILES string of the molecule is c1cc(NCC2CCCN2)c2ncoc2n1. The number of fused-ring (bicyclic) bond motifs is 1. The van der Waals surface area contributed by atoms with Gasteiger partial charge in [-0.05, 0) is 25.5 Å². The summed E-state index contributed by atoms with van der Waals surface area (Å²) in [6.07, 6.45) is 5.66. The molecule has 0 amide bonds. The zero-order chi connectivity index (χ0) is 10.8. The molecule has 2 N–H and O–H groups in total. The number of pyridine rings is 1. The fourth-order valence-electron chi connectivity index (χ4n) is 2.08. The Morgan fingerprint density at radius 3 is 3.38 bits per heavy atom. The summed E-state index contributed by atoms with van der Waals surface area (Å²) in [5.74, 6) is 0. The van der Waals surface area contributed by atoms with Crippen LogP contribution in [0.25, 0.3) is 11.2 Å². The highest BCUT2D eigenvalue weighted by molar-refractivity contribution is 5.83. The second kappa shape index (κ2) is 4.09. The summed E-state index contributed by atoms with van der Waals surface area (Å²) in [4.78, 5) is 8.25. The van der Waals surface area contributed by atoms with Crippen LogP contribution in [0.5, 0.6) is 0 Å². The molecule has 1 aliphatic heterocycles. The molecule has 0 bridgehead atoms. The Hall–Kier alpha value is -1.62. The largest absolute Gasteiger partial charge is 0.425 e. The lowest BCUT2D eigenvalue weighted by atomic mass is 10.2. The molecule has 1 fully saturated rings. The highest BCUT2D eigenvalue weighted by Crippen LogP contribution is 2.19. The molecule has 0 saturated carbocycles. The van der Waals surface area contributed by atoms with E-state index in [0.717, 1.165) is 24.3 Å². The maximum atomic E-state index is 5.15. The van der Waals surface area contributed by atoms with Crippen molar-refractivity contribution in [3.8, 4) is 0 Å². The van der Waals surface area contributed by atoms with Crippen LogP contribution in [-0.4, -0.2) is 29.1 Å². The van der Waals surface area contributed by atoms with Crippen molar-refractivity contribution in [3.63, 3.8) is 0 Å². The van der Waals surface area contributed by atoms with Gasteiger partial charge in [0.1, 0.15) is 0 Å². The van der Waals surface area contributed by atoms with Crippen LogP contribution in [0.3, 0.4) is 0 Å². The topological polar surface area (TPSA) is 63.0 Å². The van der Waals surface area contributed by atoms with Crippen LogP contribution < -0.4 is 10.6 Å². The summed E-state index contributed by atoms with van der Waals surface area (Å²) in [6.45, 7) is 2.05. The van der Waals surface area contributed by atoms with Crippen molar-refractivity contribution in [2.24, 2.45) is 0 Å². The maximum absolute atomic E-state index is 5.15. The molecule has 2 aromatic heterocycles. The van der Waals surface area contributed by atoms with E-state index in [1.165, 1.54) is 19.2 Å². The first-order chi connectivity index (χ1) is 7.93. The quantitative estimate of drug-likeness (QED) is 0.815. The molecule has 1 unspecified atom stereocenters. The molecule has 5 heteroatoms. The van der Waals surface area contributed by atoms with Gasteiger partial charge in [-0.25, -0.2) is 9.97 Å². The molecule has 1 atom stereocenters. The Labute approximate surface area is 93.3 Å². The first-order valence-corrected chi connectivity index (χ1v) is 5.59. The second-order valence-corrected chi connectivity index (χ2v) is 4.04. The van der Waals surface area contributed by atoms with Crippen molar-refractivity contribution in [1.29, 1.82) is 0 Å². The first-order valence-electron chi connectivity index (χ1n) is 5.59. The number of aromatic nitrogens is 2. The van der Waals surface area contributed by atoms with Crippen LogP contribution in [0.15, 0.2) is 23.1 Å². The number of nitrogens with one attached hydrogen (secondary N) is 2. The summed E-state index contributed by atoms with van der Waals surface area (Å²) >= 11 is 0. The fourth-order valence-corrected chi connectivity index (χ4v) is 2.08. The third-order valence-electron chi connectivity index (χ3n) is 2.94. The molecule has 0 radical (unpaired) electrons. The molecule has 0 aliphatic carbocycles. The number of hydrogen-bond acceptors (Lipinski definition) is 5. The van der Waals surface area contributed by atoms with Gasteiger partial charge in [0.15, 0.2) is 11.9 Å². The van der Waals surface area contributed by atoms with Gasteiger partial charge < -0.3 is 15.1 Å². The third-order valence-corrected chi connectivity index (χ3v) is 2.94. The summed E-state index contributed by atoms with van der Waals surface area (Å²) in [5.41, 5.74) is 2.39. The first kappa shape index (κ1) is 9.59. The van der Waals surface area contributed by atoms with Gasteiger partial charge in [-0.3, -0.25) is 0 Å². The van der Waals surface area contributed by atoms with Gasteiger partial charge in [0, 0.05) is 18.8 Å². The molecular weight excluding hydrogens is 204 g/mol. The van der Waals surface area contributed by atoms with Gasteiger partial charge in [-0.2, -0.15) is 0 Å². The number of hydrogen-bond donors (Lipinski definition) is 2. The van der Waals surface area contributed by atoms with Crippen molar-refractivity contribution in [2.75, 3.05) is 18.4 Å². The average molecular weight is 218 g/mol. The van der Waals surface area contributed by atoms with E-state index in [0.29, 0.717) is 11.8 Å². The number of anilines is 1. The average Bonchev–Trinajstić information content (AvgIpc) is 2.97. The lowest BCUT2D eigenvalue weighted by Gasteiger charge is -2.12. The summed E-state index contributed by atoms with van der Waals surface area (Å²) < 4.78 is 5.15. The van der Waals surface area contributed by atoms with E-state index in [-0.39, 0.29) is 0 Å². The highest BCUT2D eigenvalue weighted by Gasteiger charge is 2.14. The third kappa shape index (κ3) is 1.74. The maximum Gasteiger partial charge on any atom is 0.248 e. The highest BCUT2D eigenvalue weighted by atomic mass is 16.3. The fraction of sp³-hybridized carbons (Fsp3) is 0.455. The summed E-state index contributed by atoms with van der Waals surface area (Å²) in [5, 5.41) is 6.84. The second-order valence-electron chi connectivity index (χ2n) is 4.04. The monoisotopic (exact) mass is 218 g/mol. The van der Waals surface area contributed by atoms with Gasteiger partial charge >= 0.3 is 0 Å². The van der Waals surface area contributed by atoms with Crippen LogP contribution >= 0.6 is 0 Å². The van der Waals surface area contributed by atoms with Gasteiger partial charge in [0.25, 0.3) is 0 Å². The number of rotatable bonds is 3. The summed E-state index contributed by atoms with van der Waals surface area (Å²) in [6, 6.07) is 2.50. The molecule has 3 heterocycles. The predicted octanol–water partition coefficient (Wildman–Crippen LogP) is 1.39. The van der Waals surface area contributed by atoms with Crippen LogP contribution in [0.1, 0.15) is 12.8 Å². The standard InChI is InChI=1S/C11H14N4O/c1-2-8(12-4-1)6-14-9-3-5-13-11-10(9)15-7-16-11/h3,5,7-8,12H,1-2,4,6H2,(H,13,14). The number of oxazole rings is 1. The van der Waals surface area contributed by atoms with E-state index >= 15 is 0 Å². The van der Waals surface area contributed by atoms with Crippen LogP contribution in [-0.2, 0) is 0 Å². The Morgan fingerprint density at radius 1 is 1.50 bits per heavy atom. The van der Waals surface area contributed by atoms with E-state index in [4.69, 9.17) is 4.42 Å².